The topological polar surface area (TPSA) is 32.5 Å². The van der Waals surface area contributed by atoms with Crippen molar-refractivity contribution >= 4 is 0 Å². The molecule has 4 heteroatoms. The van der Waals surface area contributed by atoms with E-state index >= 15 is 0 Å². The van der Waals surface area contributed by atoms with Crippen molar-refractivity contribution in [3.63, 3.8) is 0 Å². The van der Waals surface area contributed by atoms with Gasteiger partial charge in [0.05, 0.1) is 0 Å². The molecule has 1 heterocycles. The molecule has 1 aliphatic heterocycles. The molecule has 0 aromatic heterocycles. The molecule has 0 spiro atoms. The number of nitrogens with two attached hydrogens (primary N) is 1. The Morgan fingerprint density at radius 1 is 1.25 bits per heavy atom. The van der Waals surface area contributed by atoms with Crippen molar-refractivity contribution in [3.05, 3.63) is 35.1 Å². The molecular formula is C16H24FN3. The van der Waals surface area contributed by atoms with Gasteiger partial charge in [-0.1, -0.05) is 6.07 Å². The minimum absolute atomic E-state index is 0.145. The molecule has 110 valence electrons. The highest BCUT2D eigenvalue weighted by Gasteiger charge is 2.33. The summed E-state index contributed by atoms with van der Waals surface area (Å²) in [5.41, 5.74) is 8.16. The Labute approximate surface area is 120 Å². The van der Waals surface area contributed by atoms with Gasteiger partial charge in [-0.3, -0.25) is 9.80 Å². The maximum absolute atomic E-state index is 13.5. The molecule has 20 heavy (non-hydrogen) atoms. The van der Waals surface area contributed by atoms with Crippen LogP contribution in [0.5, 0.6) is 0 Å². The third kappa shape index (κ3) is 2.87. The van der Waals surface area contributed by atoms with E-state index in [2.05, 4.69) is 9.80 Å². The maximum Gasteiger partial charge on any atom is 0.123 e. The summed E-state index contributed by atoms with van der Waals surface area (Å²) in [4.78, 5) is 5.00. The second kappa shape index (κ2) is 5.80. The number of piperazine rings is 1. The van der Waals surface area contributed by atoms with Gasteiger partial charge in [0, 0.05) is 44.8 Å². The van der Waals surface area contributed by atoms with Gasteiger partial charge in [-0.25, -0.2) is 4.39 Å². The van der Waals surface area contributed by atoms with Crippen molar-refractivity contribution in [1.29, 1.82) is 0 Å². The van der Waals surface area contributed by atoms with Gasteiger partial charge in [-0.05, 0) is 43.0 Å². The van der Waals surface area contributed by atoms with E-state index in [9.17, 15) is 4.39 Å². The summed E-state index contributed by atoms with van der Waals surface area (Å²) in [5.74, 6) is -0.166. The van der Waals surface area contributed by atoms with Gasteiger partial charge in [-0.15, -0.1) is 0 Å². The van der Waals surface area contributed by atoms with Crippen LogP contribution in [0, 0.1) is 12.7 Å². The lowest BCUT2D eigenvalue weighted by molar-refractivity contribution is 0.0935. The predicted octanol–water partition coefficient (Wildman–Crippen LogP) is 1.91. The Hall–Kier alpha value is -0.970. The largest absolute Gasteiger partial charge is 0.329 e. The minimum atomic E-state index is -0.166. The molecule has 2 aliphatic rings. The smallest absolute Gasteiger partial charge is 0.123 e. The molecule has 1 aromatic rings. The molecule has 2 fully saturated rings. The van der Waals surface area contributed by atoms with Crippen molar-refractivity contribution in [2.24, 2.45) is 5.73 Å². The first-order valence-electron chi connectivity index (χ1n) is 7.63. The molecular weight excluding hydrogens is 253 g/mol. The van der Waals surface area contributed by atoms with Crippen molar-refractivity contribution in [3.8, 4) is 0 Å². The van der Waals surface area contributed by atoms with E-state index < -0.39 is 0 Å². The maximum atomic E-state index is 13.5. The normalized spacial score (nSPS) is 22.9. The van der Waals surface area contributed by atoms with Crippen LogP contribution >= 0.6 is 0 Å². The summed E-state index contributed by atoms with van der Waals surface area (Å²) in [6.07, 6.45) is 2.73. The van der Waals surface area contributed by atoms with Gasteiger partial charge in [0.15, 0.2) is 0 Å². The van der Waals surface area contributed by atoms with Gasteiger partial charge in [0.2, 0.25) is 0 Å². The lowest BCUT2D eigenvalue weighted by Crippen LogP contribution is -2.49. The zero-order chi connectivity index (χ0) is 14.1. The summed E-state index contributed by atoms with van der Waals surface area (Å²) in [6.45, 7) is 6.90. The van der Waals surface area contributed by atoms with E-state index in [1.165, 1.54) is 18.9 Å². The van der Waals surface area contributed by atoms with Gasteiger partial charge in [0.25, 0.3) is 0 Å². The third-order valence-electron chi connectivity index (χ3n) is 4.68. The highest BCUT2D eigenvalue weighted by atomic mass is 19.1. The Balaban J connectivity index is 1.71. The van der Waals surface area contributed by atoms with Crippen LogP contribution in [-0.4, -0.2) is 48.6 Å². The molecule has 1 unspecified atom stereocenters. The van der Waals surface area contributed by atoms with Gasteiger partial charge < -0.3 is 5.73 Å². The van der Waals surface area contributed by atoms with Crippen molar-refractivity contribution in [2.45, 2.75) is 31.8 Å². The van der Waals surface area contributed by atoms with Crippen LogP contribution in [0.25, 0.3) is 0 Å². The molecule has 1 saturated carbocycles. The van der Waals surface area contributed by atoms with Crippen molar-refractivity contribution in [2.75, 3.05) is 32.7 Å². The van der Waals surface area contributed by atoms with Gasteiger partial charge in [0.1, 0.15) is 5.82 Å². The highest BCUT2D eigenvalue weighted by Crippen LogP contribution is 2.30. The summed E-state index contributed by atoms with van der Waals surface area (Å²) >= 11 is 0. The number of hydrogen-bond donors (Lipinski definition) is 1. The van der Waals surface area contributed by atoms with E-state index in [0.29, 0.717) is 6.54 Å². The van der Waals surface area contributed by atoms with E-state index in [1.54, 1.807) is 6.07 Å². The first kappa shape index (κ1) is 14.0. The zero-order valence-electron chi connectivity index (χ0n) is 12.2. The number of benzene rings is 1. The minimum Gasteiger partial charge on any atom is -0.329 e. The van der Waals surface area contributed by atoms with E-state index in [1.807, 2.05) is 13.0 Å². The summed E-state index contributed by atoms with van der Waals surface area (Å²) in [6, 6.07) is 6.02. The fourth-order valence-electron chi connectivity index (χ4n) is 3.30. The second-order valence-electron chi connectivity index (χ2n) is 6.06. The molecule has 1 atom stereocenters. The average molecular weight is 277 g/mol. The summed E-state index contributed by atoms with van der Waals surface area (Å²) in [5, 5.41) is 0. The van der Waals surface area contributed by atoms with Crippen LogP contribution in [0.15, 0.2) is 18.2 Å². The molecule has 3 nitrogen and oxygen atoms in total. The predicted molar refractivity (Wildman–Crippen MR) is 79.1 cm³/mol. The Morgan fingerprint density at radius 3 is 2.55 bits per heavy atom. The number of hydrogen-bond acceptors (Lipinski definition) is 3. The van der Waals surface area contributed by atoms with Crippen LogP contribution in [0.4, 0.5) is 4.39 Å². The Morgan fingerprint density at radius 2 is 1.95 bits per heavy atom. The lowest BCUT2D eigenvalue weighted by Gasteiger charge is -2.39. The SMILES string of the molecule is Cc1ccc(F)cc1C(CN)N1CCN(C2CC2)CC1. The first-order chi connectivity index (χ1) is 9.69. The van der Waals surface area contributed by atoms with Crippen LogP contribution in [0.1, 0.15) is 30.0 Å². The molecule has 2 N–H and O–H groups in total. The van der Waals surface area contributed by atoms with Crippen LogP contribution in [0.2, 0.25) is 0 Å². The van der Waals surface area contributed by atoms with E-state index in [-0.39, 0.29) is 11.9 Å². The van der Waals surface area contributed by atoms with E-state index in [4.69, 9.17) is 5.73 Å². The van der Waals surface area contributed by atoms with Gasteiger partial charge in [-0.2, -0.15) is 0 Å². The fourth-order valence-corrected chi connectivity index (χ4v) is 3.30. The number of aryl methyl sites for hydroxylation is 1. The van der Waals surface area contributed by atoms with Gasteiger partial charge >= 0.3 is 0 Å². The highest BCUT2D eigenvalue weighted by molar-refractivity contribution is 5.30. The molecule has 1 aromatic carbocycles. The molecule has 0 radical (unpaired) electrons. The standard InChI is InChI=1S/C16H24FN3/c1-12-2-3-13(17)10-15(12)16(11-18)20-8-6-19(7-9-20)14-4-5-14/h2-3,10,14,16H,4-9,11,18H2,1H3. The van der Waals surface area contributed by atoms with Crippen molar-refractivity contribution in [1.82, 2.24) is 9.80 Å². The lowest BCUT2D eigenvalue weighted by atomic mass is 9.99. The second-order valence-corrected chi connectivity index (χ2v) is 6.06. The summed E-state index contributed by atoms with van der Waals surface area (Å²) < 4.78 is 13.5. The van der Waals surface area contributed by atoms with Crippen LogP contribution in [-0.2, 0) is 0 Å². The van der Waals surface area contributed by atoms with Crippen LogP contribution in [0.3, 0.4) is 0 Å². The van der Waals surface area contributed by atoms with E-state index in [0.717, 1.165) is 43.3 Å². The average Bonchev–Trinajstić information content (AvgIpc) is 3.29. The fraction of sp³-hybridized carbons (Fsp3) is 0.625. The number of halogens is 1. The quantitative estimate of drug-likeness (QED) is 0.912. The van der Waals surface area contributed by atoms with Crippen LogP contribution < -0.4 is 5.73 Å². The molecule has 1 saturated heterocycles. The molecule has 0 bridgehead atoms. The first-order valence-corrected chi connectivity index (χ1v) is 7.63. The molecule has 0 amide bonds. The Bertz CT molecular complexity index is 465. The number of rotatable bonds is 4. The zero-order valence-corrected chi connectivity index (χ0v) is 12.2. The molecule has 1 aliphatic carbocycles. The summed E-state index contributed by atoms with van der Waals surface area (Å²) in [7, 11) is 0. The monoisotopic (exact) mass is 277 g/mol. The Kier molecular flexibility index (Phi) is 4.06. The number of nitrogens with zero attached hydrogens (tertiary/aromatic N) is 2. The third-order valence-corrected chi connectivity index (χ3v) is 4.68. The van der Waals surface area contributed by atoms with Crippen molar-refractivity contribution < 1.29 is 4.39 Å². The molecule has 3 rings (SSSR count).